The van der Waals surface area contributed by atoms with Gasteiger partial charge in [-0.05, 0) is 24.3 Å². The lowest BCUT2D eigenvalue weighted by Crippen LogP contribution is -2.47. The normalized spacial score (nSPS) is 17.7. The molecule has 1 aliphatic carbocycles. The number of allylic oxidation sites excluding steroid dienone is 4. The van der Waals surface area contributed by atoms with Crippen LogP contribution >= 0.6 is 0 Å². The van der Waals surface area contributed by atoms with E-state index in [2.05, 4.69) is 25.8 Å². The van der Waals surface area contributed by atoms with E-state index in [-0.39, 0.29) is 29.5 Å². The van der Waals surface area contributed by atoms with Crippen LogP contribution in [-0.4, -0.2) is 71.2 Å². The topological polar surface area (TPSA) is 162 Å². The van der Waals surface area contributed by atoms with Crippen LogP contribution in [0.1, 0.15) is 5.56 Å². The zero-order valence-electron chi connectivity index (χ0n) is 24.1. The molecule has 0 fully saturated rings. The predicted octanol–water partition coefficient (Wildman–Crippen LogP) is 2.71. The summed E-state index contributed by atoms with van der Waals surface area (Å²) >= 11 is 0. The van der Waals surface area contributed by atoms with Crippen molar-refractivity contribution < 1.29 is 27.1 Å². The number of carbonyl (C=O) groups is 1. The molecule has 2 unspecified atom stereocenters. The van der Waals surface area contributed by atoms with Gasteiger partial charge in [0.1, 0.15) is 17.6 Å². The van der Waals surface area contributed by atoms with Crippen LogP contribution in [0.4, 0.5) is 45.2 Å². The summed E-state index contributed by atoms with van der Waals surface area (Å²) in [6.45, 7) is -0.888. The minimum Gasteiger partial charge on any atom is -0.480 e. The molecule has 17 heteroatoms. The summed E-state index contributed by atoms with van der Waals surface area (Å²) in [5.41, 5.74) is 4.27. The van der Waals surface area contributed by atoms with E-state index in [0.717, 1.165) is 18.2 Å². The van der Waals surface area contributed by atoms with Gasteiger partial charge in [0.2, 0.25) is 5.88 Å². The number of aromatic nitrogens is 4. The van der Waals surface area contributed by atoms with Crippen molar-refractivity contribution in [2.75, 3.05) is 43.7 Å². The number of hydrogen-bond acceptors (Lipinski definition) is 9. The van der Waals surface area contributed by atoms with E-state index in [1.165, 1.54) is 26.3 Å². The standard InChI is InChI=1S/C28H27F4N9O4/c1-34-26(43)35-14-7-8-18-20(11-14)39(2)13-19(36-18)23-24(33)40(12-15-16(28(30,31)32)5-4-6-17(15)29)27(44)41(25(23)42)21-9-10-22(45-3)38-37-21/h4-11,15,17H,12-13,33H2,1-3H3,(H2,34,35,43). The van der Waals surface area contributed by atoms with Crippen molar-refractivity contribution in [1.82, 2.24) is 24.6 Å². The number of nitrogens with one attached hydrogen (secondary N) is 2. The van der Waals surface area contributed by atoms with Gasteiger partial charge in [0.25, 0.3) is 5.56 Å². The van der Waals surface area contributed by atoms with Crippen LogP contribution in [-0.2, 0) is 6.54 Å². The molecule has 236 valence electrons. The van der Waals surface area contributed by atoms with Gasteiger partial charge in [-0.1, -0.05) is 18.2 Å². The van der Waals surface area contributed by atoms with E-state index < -0.39 is 53.5 Å². The molecule has 4 N–H and O–H groups in total. The van der Waals surface area contributed by atoms with Crippen LogP contribution in [0.15, 0.2) is 68.7 Å². The highest BCUT2D eigenvalue weighted by Crippen LogP contribution is 2.38. The van der Waals surface area contributed by atoms with E-state index in [4.69, 9.17) is 10.5 Å². The molecular weight excluding hydrogens is 602 g/mol. The van der Waals surface area contributed by atoms with Gasteiger partial charge in [0, 0.05) is 43.9 Å². The van der Waals surface area contributed by atoms with Crippen LogP contribution in [0.2, 0.25) is 0 Å². The number of aliphatic imine (C=N–C) groups is 1. The average Bonchev–Trinajstić information content (AvgIpc) is 3.00. The molecule has 3 heterocycles. The van der Waals surface area contributed by atoms with E-state index in [1.807, 2.05) is 0 Å². The number of ether oxygens (including phenoxy) is 1. The number of rotatable bonds is 6. The first kappa shape index (κ1) is 31.0. The van der Waals surface area contributed by atoms with Gasteiger partial charge < -0.3 is 26.0 Å². The second-order valence-electron chi connectivity index (χ2n) is 10.1. The molecule has 2 aliphatic rings. The lowest BCUT2D eigenvalue weighted by Gasteiger charge is -2.30. The third-order valence-corrected chi connectivity index (χ3v) is 7.31. The van der Waals surface area contributed by atoms with Gasteiger partial charge in [-0.3, -0.25) is 9.36 Å². The number of fused-ring (bicyclic) bond motifs is 1. The summed E-state index contributed by atoms with van der Waals surface area (Å²) in [4.78, 5) is 45.8. The van der Waals surface area contributed by atoms with Crippen LogP contribution in [0.25, 0.3) is 5.82 Å². The van der Waals surface area contributed by atoms with Crippen molar-refractivity contribution in [3.8, 4) is 11.7 Å². The third-order valence-electron chi connectivity index (χ3n) is 7.31. The number of alkyl halides is 4. The Bertz CT molecular complexity index is 1860. The molecule has 2 aromatic heterocycles. The Hall–Kier alpha value is -5.48. The molecule has 5 rings (SSSR count). The van der Waals surface area contributed by atoms with Gasteiger partial charge in [-0.2, -0.15) is 13.2 Å². The van der Waals surface area contributed by atoms with Crippen molar-refractivity contribution in [3.05, 3.63) is 80.5 Å². The number of nitrogens with two attached hydrogens (primary N) is 1. The van der Waals surface area contributed by atoms with Gasteiger partial charge >= 0.3 is 17.9 Å². The Morgan fingerprint density at radius 2 is 1.93 bits per heavy atom. The van der Waals surface area contributed by atoms with Crippen molar-refractivity contribution >= 4 is 34.6 Å². The summed E-state index contributed by atoms with van der Waals surface area (Å²) in [5, 5.41) is 12.8. The number of hydrogen-bond donors (Lipinski definition) is 3. The zero-order chi connectivity index (χ0) is 32.6. The largest absolute Gasteiger partial charge is 0.480 e. The van der Waals surface area contributed by atoms with E-state index in [0.29, 0.717) is 26.2 Å². The van der Waals surface area contributed by atoms with Crippen molar-refractivity contribution in [3.63, 3.8) is 0 Å². The van der Waals surface area contributed by atoms with Crippen LogP contribution in [0, 0.1) is 5.92 Å². The average molecular weight is 630 g/mol. The second-order valence-corrected chi connectivity index (χ2v) is 10.1. The number of halogens is 4. The molecule has 1 aliphatic heterocycles. The number of nitrogens with zero attached hydrogens (tertiary/aromatic N) is 6. The molecule has 0 bridgehead atoms. The SMILES string of the molecule is CNC(=O)Nc1ccc2c(c1)N(C)CC(c1c(N)n(CC3C(C(F)(F)F)=CC=CC3F)c(=O)n(-c3ccc(OC)nn3)c1=O)=N2. The van der Waals surface area contributed by atoms with Crippen LogP contribution in [0.5, 0.6) is 5.88 Å². The van der Waals surface area contributed by atoms with Gasteiger partial charge in [0.05, 0.1) is 30.7 Å². The molecule has 0 saturated heterocycles. The summed E-state index contributed by atoms with van der Waals surface area (Å²) in [7, 11) is 4.47. The van der Waals surface area contributed by atoms with Crippen molar-refractivity contribution in [2.45, 2.75) is 18.9 Å². The highest BCUT2D eigenvalue weighted by molar-refractivity contribution is 6.10. The molecule has 2 amide bonds. The number of likely N-dealkylation sites (N-methyl/N-ethyl adjacent to an activating group) is 1. The molecule has 13 nitrogen and oxygen atoms in total. The number of methoxy groups -OCH3 is 1. The molecule has 0 saturated carbocycles. The number of amides is 2. The maximum absolute atomic E-state index is 15.0. The lowest BCUT2D eigenvalue weighted by atomic mass is 9.89. The molecule has 1 aromatic carbocycles. The fourth-order valence-electron chi connectivity index (χ4n) is 5.07. The minimum absolute atomic E-state index is 0.0338. The Labute approximate surface area is 252 Å². The second kappa shape index (κ2) is 11.9. The zero-order valence-corrected chi connectivity index (χ0v) is 24.1. The number of carbonyl (C=O) groups excluding carboxylic acids is 1. The fourth-order valence-corrected chi connectivity index (χ4v) is 5.07. The Kier molecular flexibility index (Phi) is 8.18. The highest BCUT2D eigenvalue weighted by Gasteiger charge is 2.43. The monoisotopic (exact) mass is 629 g/mol. The highest BCUT2D eigenvalue weighted by atomic mass is 19.4. The summed E-state index contributed by atoms with van der Waals surface area (Å²) in [5.74, 6) is -2.56. The first-order valence-electron chi connectivity index (χ1n) is 13.4. The van der Waals surface area contributed by atoms with E-state index in [1.54, 1.807) is 30.1 Å². The molecular formula is C28H27F4N9O4. The molecule has 0 spiro atoms. The lowest BCUT2D eigenvalue weighted by molar-refractivity contribution is -0.102. The smallest absolute Gasteiger partial charge is 0.413 e. The summed E-state index contributed by atoms with van der Waals surface area (Å²) in [6.07, 6.45) is -4.38. The quantitative estimate of drug-likeness (QED) is 0.351. The molecule has 2 atom stereocenters. The van der Waals surface area contributed by atoms with Gasteiger partial charge in [0.15, 0.2) is 5.82 Å². The van der Waals surface area contributed by atoms with Crippen LogP contribution < -0.4 is 37.3 Å². The van der Waals surface area contributed by atoms with Gasteiger partial charge in [-0.25, -0.2) is 23.5 Å². The first-order chi connectivity index (χ1) is 21.3. The molecule has 0 radical (unpaired) electrons. The number of benzene rings is 1. The van der Waals surface area contributed by atoms with Gasteiger partial charge in [-0.15, -0.1) is 10.2 Å². The number of nitrogen functional groups attached to an aromatic ring is 1. The first-order valence-corrected chi connectivity index (χ1v) is 13.4. The third kappa shape index (κ3) is 5.87. The minimum atomic E-state index is -4.90. The number of urea groups is 1. The maximum Gasteiger partial charge on any atom is 0.413 e. The van der Waals surface area contributed by atoms with Crippen molar-refractivity contribution in [1.29, 1.82) is 0 Å². The molecule has 45 heavy (non-hydrogen) atoms. The summed E-state index contributed by atoms with van der Waals surface area (Å²) in [6, 6.07) is 6.96. The Balaban J connectivity index is 1.70. The molecule has 3 aromatic rings. The Morgan fingerprint density at radius 3 is 2.58 bits per heavy atom. The summed E-state index contributed by atoms with van der Waals surface area (Å²) < 4.78 is 63.0. The number of anilines is 3. The van der Waals surface area contributed by atoms with E-state index >= 15 is 4.39 Å². The maximum atomic E-state index is 15.0. The fraction of sp³-hybridized carbons (Fsp3) is 0.286. The van der Waals surface area contributed by atoms with Crippen LogP contribution in [0.3, 0.4) is 0 Å². The Morgan fingerprint density at radius 1 is 1.18 bits per heavy atom. The predicted molar refractivity (Wildman–Crippen MR) is 159 cm³/mol. The van der Waals surface area contributed by atoms with E-state index in [9.17, 15) is 27.6 Å². The van der Waals surface area contributed by atoms with Crippen molar-refractivity contribution in [2.24, 2.45) is 10.9 Å².